The molecule has 266 valence electrons. The average Bonchev–Trinajstić information content (AvgIpc) is 3.94. The maximum atomic E-state index is 7.11. The summed E-state index contributed by atoms with van der Waals surface area (Å²) in [4.78, 5) is 5.89. The standard InChI is InChI=1S/C48H52N2O2/c1-7-19-40-32(13-1)33-14-2-8-20-41(33)49(40)30-25-29(26-31(27-30)50-42-21-9-3-15-34(42)35-16-4-10-22-43(35)50)46-47-38(36-17-5-11-23-44(36)51-47)28-39-37-18-6-12-24-45(37)52-48(39)46/h1,3,11-13,15,23-25,27-28,31-32,34,38,40,42,47H,2,4-10,14,16-22,26H2. The molecule has 4 heteroatoms. The van der Waals surface area contributed by atoms with Gasteiger partial charge in [-0.1, -0.05) is 42.5 Å². The number of hydrogen-bond acceptors (Lipinski definition) is 4. The van der Waals surface area contributed by atoms with E-state index in [2.05, 4.69) is 76.6 Å². The minimum atomic E-state index is -0.0233. The lowest BCUT2D eigenvalue weighted by atomic mass is 9.78. The summed E-state index contributed by atoms with van der Waals surface area (Å²) in [6.07, 6.45) is 47.8. The third-order valence-electron chi connectivity index (χ3n) is 14.9. The van der Waals surface area contributed by atoms with Crippen LogP contribution in [0.4, 0.5) is 0 Å². The highest BCUT2D eigenvalue weighted by Gasteiger charge is 2.48. The number of fused-ring (bicyclic) bond motifs is 9. The van der Waals surface area contributed by atoms with Crippen LogP contribution in [-0.4, -0.2) is 34.0 Å². The second-order valence-corrected chi connectivity index (χ2v) is 17.5. The fourth-order valence-electron chi connectivity index (χ4n) is 12.8. The van der Waals surface area contributed by atoms with E-state index in [1.807, 2.05) is 0 Å². The quantitative estimate of drug-likeness (QED) is 0.296. The van der Waals surface area contributed by atoms with Gasteiger partial charge in [-0.2, -0.15) is 0 Å². The normalized spacial score (nSPS) is 35.2. The molecule has 12 rings (SSSR count). The molecule has 0 saturated carbocycles. The number of ether oxygens (including phenoxy) is 1. The first-order chi connectivity index (χ1) is 25.8. The van der Waals surface area contributed by atoms with E-state index in [4.69, 9.17) is 9.15 Å². The first kappa shape index (κ1) is 30.5. The summed E-state index contributed by atoms with van der Waals surface area (Å²) >= 11 is 0. The zero-order chi connectivity index (χ0) is 33.9. The maximum Gasteiger partial charge on any atom is 0.142 e. The van der Waals surface area contributed by atoms with Crippen molar-refractivity contribution in [3.8, 4) is 0 Å². The monoisotopic (exact) mass is 688 g/mol. The SMILES string of the molecule is C1=CC2=C(CC1)C1C=c3c4c(oc3=C(C3=CC(N5C6=C(CCCC6)C6C=CCCC65)=CC(N5C6=C(CCCC6)C6C=CCCC65)C3)C1O2)C=CCC4. The summed E-state index contributed by atoms with van der Waals surface area (Å²) in [6, 6.07) is 1.46. The highest BCUT2D eigenvalue weighted by atomic mass is 16.5. The van der Waals surface area contributed by atoms with Crippen LogP contribution < -0.4 is 10.6 Å². The average molecular weight is 689 g/mol. The van der Waals surface area contributed by atoms with Crippen molar-refractivity contribution in [2.45, 2.75) is 133 Å². The third kappa shape index (κ3) is 4.39. The van der Waals surface area contributed by atoms with Crippen LogP contribution >= 0.6 is 0 Å². The van der Waals surface area contributed by atoms with Crippen LogP contribution in [0.1, 0.15) is 114 Å². The molecule has 0 saturated heterocycles. The number of allylic oxidation sites excluding steroid dienone is 8. The molecule has 0 spiro atoms. The predicted octanol–water partition coefficient (Wildman–Crippen LogP) is 9.34. The molecular weight excluding hydrogens is 637 g/mol. The molecule has 11 aliphatic rings. The van der Waals surface area contributed by atoms with Gasteiger partial charge in [-0.15, -0.1) is 0 Å². The van der Waals surface area contributed by atoms with Gasteiger partial charge in [-0.3, -0.25) is 0 Å². The van der Waals surface area contributed by atoms with Gasteiger partial charge in [0.2, 0.25) is 0 Å². The lowest BCUT2D eigenvalue weighted by Crippen LogP contribution is -2.45. The molecule has 0 N–H and O–H groups in total. The fraction of sp³-hybridized carbons (Fsp3) is 0.500. The Labute approximate surface area is 308 Å². The van der Waals surface area contributed by atoms with Crippen molar-refractivity contribution in [3.05, 3.63) is 122 Å². The topological polar surface area (TPSA) is 28.9 Å². The van der Waals surface area contributed by atoms with E-state index in [1.54, 1.807) is 22.5 Å². The van der Waals surface area contributed by atoms with Gasteiger partial charge in [0.1, 0.15) is 23.0 Å². The molecule has 1 aromatic heterocycles. The minimum absolute atomic E-state index is 0.0233. The van der Waals surface area contributed by atoms with Crippen LogP contribution in [0.3, 0.4) is 0 Å². The van der Waals surface area contributed by atoms with E-state index in [0.29, 0.717) is 30.0 Å². The van der Waals surface area contributed by atoms with Gasteiger partial charge in [0.05, 0.1) is 6.04 Å². The number of furan rings is 1. The van der Waals surface area contributed by atoms with Crippen LogP contribution in [0.15, 0.2) is 104 Å². The van der Waals surface area contributed by atoms with Gasteiger partial charge in [0, 0.05) is 63.3 Å². The van der Waals surface area contributed by atoms with Crippen LogP contribution in [0, 0.1) is 17.8 Å². The highest BCUT2D eigenvalue weighted by Crippen LogP contribution is 2.53. The van der Waals surface area contributed by atoms with E-state index in [-0.39, 0.29) is 12.0 Å². The van der Waals surface area contributed by atoms with Crippen molar-refractivity contribution in [2.75, 3.05) is 0 Å². The predicted molar refractivity (Wildman–Crippen MR) is 207 cm³/mol. The molecule has 4 heterocycles. The lowest BCUT2D eigenvalue weighted by Gasteiger charge is -2.43. The largest absolute Gasteiger partial charge is 0.485 e. The van der Waals surface area contributed by atoms with E-state index < -0.39 is 0 Å². The molecular formula is C48H52N2O2. The summed E-state index contributed by atoms with van der Waals surface area (Å²) in [6.45, 7) is 0. The van der Waals surface area contributed by atoms with Crippen molar-refractivity contribution in [1.29, 1.82) is 0 Å². The summed E-state index contributed by atoms with van der Waals surface area (Å²) in [7, 11) is 0. The number of hydrogen-bond donors (Lipinski definition) is 0. The molecule has 52 heavy (non-hydrogen) atoms. The molecule has 0 amide bonds. The zero-order valence-electron chi connectivity index (χ0n) is 30.6. The molecule has 3 aliphatic heterocycles. The Kier molecular flexibility index (Phi) is 6.92. The van der Waals surface area contributed by atoms with Gasteiger partial charge >= 0.3 is 0 Å². The number of nitrogens with zero attached hydrogens (tertiary/aromatic N) is 2. The maximum absolute atomic E-state index is 7.11. The highest BCUT2D eigenvalue weighted by molar-refractivity contribution is 5.76. The Balaban J connectivity index is 1.06. The van der Waals surface area contributed by atoms with Gasteiger partial charge in [0.15, 0.2) is 0 Å². The Morgan fingerprint density at radius 2 is 1.40 bits per heavy atom. The summed E-state index contributed by atoms with van der Waals surface area (Å²) in [5.41, 5.74) is 15.2. The Bertz CT molecular complexity index is 2170. The first-order valence-electron chi connectivity index (χ1n) is 21.2. The molecule has 1 aromatic rings. The molecule has 0 fully saturated rings. The summed E-state index contributed by atoms with van der Waals surface area (Å²) in [5, 5.41) is 1.36. The smallest absolute Gasteiger partial charge is 0.142 e. The molecule has 0 radical (unpaired) electrons. The number of rotatable bonds is 3. The molecule has 8 aliphatic carbocycles. The molecule has 0 aromatic carbocycles. The fourth-order valence-corrected chi connectivity index (χ4v) is 12.8. The van der Waals surface area contributed by atoms with Gasteiger partial charge in [-0.25, -0.2) is 0 Å². The molecule has 0 bridgehead atoms. The Hall–Kier alpha value is -3.92. The molecule has 7 atom stereocenters. The second-order valence-electron chi connectivity index (χ2n) is 17.5. The minimum Gasteiger partial charge on any atom is -0.485 e. The summed E-state index contributed by atoms with van der Waals surface area (Å²) < 4.78 is 14.1. The molecule has 7 unspecified atom stereocenters. The van der Waals surface area contributed by atoms with Gasteiger partial charge in [0.25, 0.3) is 0 Å². The van der Waals surface area contributed by atoms with Crippen molar-refractivity contribution >= 4 is 17.7 Å². The Morgan fingerprint density at radius 3 is 2.29 bits per heavy atom. The lowest BCUT2D eigenvalue weighted by molar-refractivity contribution is 0.177. The van der Waals surface area contributed by atoms with E-state index in [0.717, 1.165) is 49.0 Å². The van der Waals surface area contributed by atoms with Crippen molar-refractivity contribution in [3.63, 3.8) is 0 Å². The van der Waals surface area contributed by atoms with Crippen LogP contribution in [0.5, 0.6) is 0 Å². The van der Waals surface area contributed by atoms with Crippen molar-refractivity contribution < 1.29 is 9.15 Å². The Morgan fingerprint density at radius 1 is 0.654 bits per heavy atom. The van der Waals surface area contributed by atoms with Crippen LogP contribution in [0.25, 0.3) is 17.7 Å². The van der Waals surface area contributed by atoms with E-state index >= 15 is 0 Å². The second kappa shape index (κ2) is 11.8. The van der Waals surface area contributed by atoms with E-state index in [9.17, 15) is 0 Å². The van der Waals surface area contributed by atoms with Crippen molar-refractivity contribution in [1.82, 2.24) is 9.80 Å². The zero-order valence-corrected chi connectivity index (χ0v) is 30.6. The van der Waals surface area contributed by atoms with Gasteiger partial charge < -0.3 is 19.0 Å². The summed E-state index contributed by atoms with van der Waals surface area (Å²) in [5.74, 6) is 3.66. The van der Waals surface area contributed by atoms with Crippen LogP contribution in [-0.2, 0) is 11.2 Å². The third-order valence-corrected chi connectivity index (χ3v) is 14.9. The first-order valence-corrected chi connectivity index (χ1v) is 21.2. The van der Waals surface area contributed by atoms with E-state index in [1.165, 1.54) is 110 Å². The van der Waals surface area contributed by atoms with Crippen LogP contribution in [0.2, 0.25) is 0 Å². The van der Waals surface area contributed by atoms with Crippen molar-refractivity contribution in [2.24, 2.45) is 17.8 Å². The van der Waals surface area contributed by atoms with Gasteiger partial charge in [-0.05, 0) is 156 Å². The molecule has 4 nitrogen and oxygen atoms in total.